The van der Waals surface area contributed by atoms with Gasteiger partial charge in [0.25, 0.3) is 0 Å². The first-order chi connectivity index (χ1) is 23.5. The molecule has 11 nitrogen and oxygen atoms in total. The highest BCUT2D eigenvalue weighted by Gasteiger charge is 2.35. The van der Waals surface area contributed by atoms with Crippen molar-refractivity contribution in [2.24, 2.45) is 11.8 Å². The van der Waals surface area contributed by atoms with Crippen LogP contribution >= 0.6 is 11.3 Å². The predicted molar refractivity (Wildman–Crippen MR) is 196 cm³/mol. The number of sulfonamides is 1. The van der Waals surface area contributed by atoms with Gasteiger partial charge in [0, 0.05) is 31.9 Å². The Hall–Kier alpha value is -2.42. The molecule has 4 N–H and O–H groups in total. The van der Waals surface area contributed by atoms with Gasteiger partial charge in [-0.25, -0.2) is 17.7 Å². The molecule has 1 heterocycles. The fourth-order valence-electron chi connectivity index (χ4n) is 6.60. The number of carbonyl (C=O) groups is 2. The fraction of sp³-hybridized carbons (Fsp3) is 0.694. The summed E-state index contributed by atoms with van der Waals surface area (Å²) in [4.78, 5) is 34.6. The van der Waals surface area contributed by atoms with E-state index in [0.29, 0.717) is 44.0 Å². The molecular weight excluding hydrogens is 663 g/mol. The third-order valence-electron chi connectivity index (χ3n) is 9.77. The SMILES string of the molecule is CCC[C@H](O)[C@H](O)[C@H](CC1CCCCC1)NC(=O)[C@H](Cc1cscn1)NC(=O)[C@H](Cc1ccccc1)CS(=O)(=O)N(C)CCN(CC)CC. The summed E-state index contributed by atoms with van der Waals surface area (Å²) < 4.78 is 28.5. The molecule has 3 rings (SSSR count). The molecule has 1 aliphatic rings. The molecule has 49 heavy (non-hydrogen) atoms. The number of aliphatic hydroxyl groups excluding tert-OH is 2. The van der Waals surface area contributed by atoms with E-state index < -0.39 is 57.8 Å². The third-order valence-corrected chi connectivity index (χ3v) is 12.4. The van der Waals surface area contributed by atoms with Crippen molar-refractivity contribution < 1.29 is 28.2 Å². The monoisotopic (exact) mass is 721 g/mol. The Morgan fingerprint density at radius 2 is 1.67 bits per heavy atom. The number of benzene rings is 1. The second-order valence-electron chi connectivity index (χ2n) is 13.5. The third kappa shape index (κ3) is 13.7. The molecule has 1 fully saturated rings. The number of aromatic nitrogens is 1. The first-order valence-electron chi connectivity index (χ1n) is 18.0. The molecule has 0 spiro atoms. The minimum absolute atomic E-state index is 0.0966. The average molecular weight is 722 g/mol. The number of carbonyl (C=O) groups excluding carboxylic acids is 2. The van der Waals surface area contributed by atoms with E-state index in [1.807, 2.05) is 56.5 Å². The number of amides is 2. The van der Waals surface area contributed by atoms with Crippen LogP contribution in [-0.4, -0.2) is 108 Å². The topological polar surface area (TPSA) is 152 Å². The van der Waals surface area contributed by atoms with Crippen molar-refractivity contribution in [1.82, 2.24) is 24.8 Å². The number of aliphatic hydroxyl groups is 2. The second-order valence-corrected chi connectivity index (χ2v) is 16.3. The molecule has 13 heteroatoms. The summed E-state index contributed by atoms with van der Waals surface area (Å²) in [5, 5.41) is 29.6. The van der Waals surface area contributed by atoms with Crippen LogP contribution in [0.2, 0.25) is 0 Å². The van der Waals surface area contributed by atoms with Crippen LogP contribution in [-0.2, 0) is 32.5 Å². The summed E-state index contributed by atoms with van der Waals surface area (Å²) in [5.41, 5.74) is 3.08. The van der Waals surface area contributed by atoms with Crippen molar-refractivity contribution >= 4 is 33.2 Å². The van der Waals surface area contributed by atoms with Crippen LogP contribution in [0.5, 0.6) is 0 Å². The summed E-state index contributed by atoms with van der Waals surface area (Å²) in [6.07, 6.45) is 5.08. The number of thiazole rings is 1. The Morgan fingerprint density at radius 3 is 2.29 bits per heavy atom. The molecule has 5 atom stereocenters. The molecule has 2 amide bonds. The lowest BCUT2D eigenvalue weighted by Crippen LogP contribution is -2.56. The van der Waals surface area contributed by atoms with E-state index >= 15 is 0 Å². The van der Waals surface area contributed by atoms with Gasteiger partial charge < -0.3 is 25.7 Å². The van der Waals surface area contributed by atoms with Crippen molar-refractivity contribution in [2.75, 3.05) is 39.0 Å². The van der Waals surface area contributed by atoms with Gasteiger partial charge in [0.15, 0.2) is 0 Å². The highest BCUT2D eigenvalue weighted by Crippen LogP contribution is 2.29. The summed E-state index contributed by atoms with van der Waals surface area (Å²) in [5.74, 6) is -2.12. The molecule has 1 aromatic heterocycles. The van der Waals surface area contributed by atoms with Gasteiger partial charge in [0.05, 0.1) is 41.1 Å². The van der Waals surface area contributed by atoms with Crippen LogP contribution in [0.1, 0.15) is 83.4 Å². The average Bonchev–Trinajstić information content (AvgIpc) is 3.61. The van der Waals surface area contributed by atoms with Crippen molar-refractivity contribution in [3.63, 3.8) is 0 Å². The van der Waals surface area contributed by atoms with Crippen molar-refractivity contribution in [3.8, 4) is 0 Å². The van der Waals surface area contributed by atoms with Gasteiger partial charge in [-0.3, -0.25) is 9.59 Å². The Labute approximate surface area is 297 Å². The van der Waals surface area contributed by atoms with Gasteiger partial charge in [-0.2, -0.15) is 0 Å². The molecule has 0 bridgehead atoms. The fourth-order valence-corrected chi connectivity index (χ4v) is 8.56. The summed E-state index contributed by atoms with van der Waals surface area (Å²) >= 11 is 1.38. The molecule has 2 aromatic rings. The molecule has 0 aliphatic heterocycles. The molecule has 1 aliphatic carbocycles. The van der Waals surface area contributed by atoms with E-state index in [-0.39, 0.29) is 12.8 Å². The Kier molecular flexibility index (Phi) is 17.6. The summed E-state index contributed by atoms with van der Waals surface area (Å²) in [6, 6.07) is 7.49. The minimum atomic E-state index is -3.83. The number of nitrogens with one attached hydrogen (secondary N) is 2. The Bertz CT molecular complexity index is 1340. The van der Waals surface area contributed by atoms with E-state index in [2.05, 4.69) is 20.5 Å². The van der Waals surface area contributed by atoms with E-state index in [1.54, 1.807) is 12.6 Å². The largest absolute Gasteiger partial charge is 0.390 e. The lowest BCUT2D eigenvalue weighted by Gasteiger charge is -2.33. The van der Waals surface area contributed by atoms with Crippen molar-refractivity contribution in [1.29, 1.82) is 0 Å². The molecule has 0 radical (unpaired) electrons. The van der Waals surface area contributed by atoms with Gasteiger partial charge in [0.1, 0.15) is 6.04 Å². The van der Waals surface area contributed by atoms with Gasteiger partial charge in [-0.15, -0.1) is 11.3 Å². The van der Waals surface area contributed by atoms with Crippen molar-refractivity contribution in [3.05, 3.63) is 52.5 Å². The smallest absolute Gasteiger partial charge is 0.243 e. The van der Waals surface area contributed by atoms with Crippen LogP contribution in [0.25, 0.3) is 0 Å². The molecular formula is C36H59N5O6S2. The van der Waals surface area contributed by atoms with Gasteiger partial charge in [-0.05, 0) is 43.8 Å². The minimum Gasteiger partial charge on any atom is -0.390 e. The van der Waals surface area contributed by atoms with Crippen LogP contribution in [0, 0.1) is 11.8 Å². The predicted octanol–water partition coefficient (Wildman–Crippen LogP) is 3.61. The number of likely N-dealkylation sites (N-methyl/N-ethyl adjacent to an activating group) is 2. The molecule has 276 valence electrons. The van der Waals surface area contributed by atoms with Crippen molar-refractivity contribution in [2.45, 2.75) is 109 Å². The summed E-state index contributed by atoms with van der Waals surface area (Å²) in [6.45, 7) is 8.48. The van der Waals surface area contributed by atoms with Crippen LogP contribution < -0.4 is 10.6 Å². The Morgan fingerprint density at radius 1 is 0.980 bits per heavy atom. The van der Waals surface area contributed by atoms with Crippen LogP contribution in [0.4, 0.5) is 0 Å². The lowest BCUT2D eigenvalue weighted by molar-refractivity contribution is -0.132. The zero-order valence-electron chi connectivity index (χ0n) is 29.8. The zero-order chi connectivity index (χ0) is 35.8. The number of rotatable bonds is 22. The first-order valence-corrected chi connectivity index (χ1v) is 20.6. The number of nitrogens with zero attached hydrogens (tertiary/aromatic N) is 3. The number of hydrogen-bond acceptors (Lipinski definition) is 9. The van der Waals surface area contributed by atoms with Gasteiger partial charge >= 0.3 is 0 Å². The zero-order valence-corrected chi connectivity index (χ0v) is 31.4. The Balaban J connectivity index is 1.85. The second kappa shape index (κ2) is 21.1. The normalized spacial score (nSPS) is 17.4. The lowest BCUT2D eigenvalue weighted by atomic mass is 9.82. The standard InChI is InChI=1S/C36H59N5O6S2/c1-5-14-33(42)34(43)31(22-28-17-12-9-13-18-28)38-36(45)32(23-30-24-48-26-37-30)39-35(44)29(21-27-15-10-8-11-16-27)25-49(46,47)40(4)19-20-41(6-2)7-3/h8,10-11,15-16,24,26,28-29,31-34,42-43H,5-7,9,12-14,17-23,25H2,1-4H3,(H,38,45)(H,39,44)/t29-,31+,32+,33+,34-/m1/s1. The maximum atomic E-state index is 14.1. The highest BCUT2D eigenvalue weighted by molar-refractivity contribution is 7.89. The molecule has 0 saturated heterocycles. The van der Waals surface area contributed by atoms with Crippen LogP contribution in [0.3, 0.4) is 0 Å². The number of hydrogen-bond donors (Lipinski definition) is 4. The molecule has 0 unspecified atom stereocenters. The highest BCUT2D eigenvalue weighted by atomic mass is 32.2. The first kappa shape index (κ1) is 41.0. The molecule has 1 saturated carbocycles. The van der Waals surface area contributed by atoms with E-state index in [9.17, 15) is 28.2 Å². The van der Waals surface area contributed by atoms with E-state index in [1.165, 1.54) is 22.1 Å². The quantitative estimate of drug-likeness (QED) is 0.144. The maximum Gasteiger partial charge on any atom is 0.243 e. The maximum absolute atomic E-state index is 14.1. The van der Waals surface area contributed by atoms with E-state index in [4.69, 9.17) is 0 Å². The van der Waals surface area contributed by atoms with Gasteiger partial charge in [-0.1, -0.05) is 89.6 Å². The molecule has 1 aromatic carbocycles. The van der Waals surface area contributed by atoms with Gasteiger partial charge in [0.2, 0.25) is 21.8 Å². The van der Waals surface area contributed by atoms with E-state index in [0.717, 1.165) is 44.3 Å². The van der Waals surface area contributed by atoms with Crippen LogP contribution in [0.15, 0.2) is 41.2 Å². The summed E-state index contributed by atoms with van der Waals surface area (Å²) in [7, 11) is -2.29.